The van der Waals surface area contributed by atoms with Crippen molar-refractivity contribution >= 4 is 35.8 Å². The summed E-state index contributed by atoms with van der Waals surface area (Å²) in [7, 11) is 0. The van der Waals surface area contributed by atoms with Crippen molar-refractivity contribution in [1.29, 1.82) is 0 Å². The van der Waals surface area contributed by atoms with Gasteiger partial charge in [-0.1, -0.05) is 97.1 Å². The maximum atomic E-state index is 13.9. The van der Waals surface area contributed by atoms with Crippen LogP contribution in [0.2, 0.25) is 0 Å². The average Bonchev–Trinajstić information content (AvgIpc) is 4.18. The second-order valence-electron chi connectivity index (χ2n) is 19.2. The van der Waals surface area contributed by atoms with Crippen LogP contribution in [0.4, 0.5) is 0 Å². The summed E-state index contributed by atoms with van der Waals surface area (Å²) in [6.07, 6.45) is 10.2. The number of pyridine rings is 4. The van der Waals surface area contributed by atoms with Crippen LogP contribution < -0.4 is 21.8 Å². The van der Waals surface area contributed by atoms with Crippen LogP contribution in [0.15, 0.2) is 155 Å². The van der Waals surface area contributed by atoms with Crippen LogP contribution in [0.5, 0.6) is 0 Å². The molecule has 74 heavy (non-hydrogen) atoms. The molecule has 2 aromatic carbocycles. The first-order chi connectivity index (χ1) is 35.9. The number of allylic oxidation sites excluding steroid dienone is 2. The first-order valence-corrected chi connectivity index (χ1v) is 25.0. The van der Waals surface area contributed by atoms with Crippen molar-refractivity contribution in [3.63, 3.8) is 0 Å². The number of aliphatic hydroxyl groups excluding tert-OH is 2. The summed E-state index contributed by atoms with van der Waals surface area (Å²) in [5.41, 5.74) is 4.43. The highest BCUT2D eigenvalue weighted by Crippen LogP contribution is 2.51. The lowest BCUT2D eigenvalue weighted by atomic mass is 9.88. The number of hydrogen-bond donors (Lipinski definition) is 4. The zero-order valence-electron chi connectivity index (χ0n) is 41.6. The van der Waals surface area contributed by atoms with Crippen molar-refractivity contribution in [2.75, 3.05) is 13.2 Å². The van der Waals surface area contributed by atoms with Gasteiger partial charge in [0.15, 0.2) is 0 Å². The predicted octanol–water partition coefficient (Wildman–Crippen LogP) is 5.92. The quantitative estimate of drug-likeness (QED) is 0.114. The lowest BCUT2D eigenvalue weighted by molar-refractivity contribution is -0.128. The van der Waals surface area contributed by atoms with Gasteiger partial charge in [-0.05, 0) is 87.4 Å². The number of hydrogen-bond acceptors (Lipinski definition) is 10. The zero-order chi connectivity index (χ0) is 52.2. The number of carbonyl (C=O) groups is 4. The number of nitrogens with one attached hydrogen (secondary N) is 2. The number of carbonyl (C=O) groups excluding carboxylic acids is 4. The number of likely N-dealkylation sites (tertiary alicyclic amines) is 2. The van der Waals surface area contributed by atoms with Crippen molar-refractivity contribution in [3.8, 4) is 0 Å². The Labute approximate surface area is 428 Å². The van der Waals surface area contributed by atoms with E-state index in [0.29, 0.717) is 35.6 Å². The molecule has 0 spiro atoms. The molecule has 4 aliphatic rings. The molecule has 0 aliphatic carbocycles. The van der Waals surface area contributed by atoms with Crippen molar-refractivity contribution in [3.05, 3.63) is 212 Å². The second-order valence-corrected chi connectivity index (χ2v) is 19.2. The highest BCUT2D eigenvalue weighted by molar-refractivity contribution is 5.98. The Morgan fingerprint density at radius 2 is 0.946 bits per heavy atom. The first kappa shape index (κ1) is 50.8. The minimum absolute atomic E-state index is 0.148. The third-order valence-corrected chi connectivity index (χ3v) is 15.0. The Morgan fingerprint density at radius 3 is 1.28 bits per heavy atom. The summed E-state index contributed by atoms with van der Waals surface area (Å²) < 4.78 is 3.35. The van der Waals surface area contributed by atoms with Crippen LogP contribution >= 0.6 is 0 Å². The fourth-order valence-electron chi connectivity index (χ4n) is 11.6. The lowest BCUT2D eigenvalue weighted by Crippen LogP contribution is -2.51. The molecular formula is C58H60N8O8. The van der Waals surface area contributed by atoms with Gasteiger partial charge >= 0.3 is 0 Å². The standard InChI is InChI=1S/2C29H30N4O4/c2*1-3-9-20-13-14-24-25-21(16-32(24)28(20)36)22(17-34)26(33(25)29(37)23-12-7-8-15-30-23)27(35)31-18(2)19-10-5-4-6-11-19/h2*3-15,18,21-22,25-26,34H,16-17H2,1-2H3,(H,31,35)/b9-3+;9-3-/t2*18-,21-,22-,25+,26-/m00/s1. The minimum atomic E-state index is -0.917. The largest absolute Gasteiger partial charge is 0.396 e. The molecule has 4 aliphatic heterocycles. The van der Waals surface area contributed by atoms with E-state index in [2.05, 4.69) is 20.6 Å². The van der Waals surface area contributed by atoms with E-state index < -0.39 is 47.8 Å². The van der Waals surface area contributed by atoms with Crippen molar-refractivity contribution in [2.24, 2.45) is 23.7 Å². The van der Waals surface area contributed by atoms with E-state index in [0.717, 1.165) is 11.1 Å². The van der Waals surface area contributed by atoms with Gasteiger partial charge in [-0.15, -0.1) is 0 Å². The molecule has 10 atom stereocenters. The fraction of sp³-hybridized carbons (Fsp3) is 0.310. The Balaban J connectivity index is 0.000000182. The fourth-order valence-corrected chi connectivity index (χ4v) is 11.6. The van der Waals surface area contributed by atoms with Gasteiger partial charge < -0.3 is 39.8 Å². The average molecular weight is 997 g/mol. The normalized spacial score (nSPS) is 23.1. The number of aliphatic hydroxyl groups is 2. The third kappa shape index (κ3) is 9.42. The van der Waals surface area contributed by atoms with Crippen LogP contribution in [-0.2, 0) is 22.7 Å². The summed E-state index contributed by atoms with van der Waals surface area (Å²) in [5.74, 6) is -3.18. The maximum absolute atomic E-state index is 13.9. The molecule has 4 aromatic heterocycles. The third-order valence-electron chi connectivity index (χ3n) is 15.0. The topological polar surface area (TPSA) is 209 Å². The second kappa shape index (κ2) is 22.0. The van der Waals surface area contributed by atoms with Gasteiger partial charge in [0.25, 0.3) is 22.9 Å². The monoisotopic (exact) mass is 996 g/mol. The molecule has 0 unspecified atom stereocenters. The molecule has 2 saturated heterocycles. The van der Waals surface area contributed by atoms with E-state index in [1.165, 1.54) is 22.2 Å². The molecule has 16 heteroatoms. The van der Waals surface area contributed by atoms with E-state index in [9.17, 15) is 39.0 Å². The van der Waals surface area contributed by atoms with Gasteiger partial charge in [0, 0.05) is 84.9 Å². The molecule has 10 rings (SSSR count). The summed E-state index contributed by atoms with van der Waals surface area (Å²) in [6.45, 7) is 7.52. The Morgan fingerprint density at radius 1 is 0.568 bits per heavy atom. The van der Waals surface area contributed by atoms with Gasteiger partial charge in [-0.25, -0.2) is 0 Å². The highest BCUT2D eigenvalue weighted by atomic mass is 16.3. The lowest BCUT2D eigenvalue weighted by Gasteiger charge is -2.31. The van der Waals surface area contributed by atoms with Gasteiger partial charge in [-0.2, -0.15) is 0 Å². The van der Waals surface area contributed by atoms with Crippen molar-refractivity contribution in [1.82, 2.24) is 39.5 Å². The van der Waals surface area contributed by atoms with Crippen LogP contribution in [0.25, 0.3) is 12.2 Å². The number of benzene rings is 2. The van der Waals surface area contributed by atoms with E-state index >= 15 is 0 Å². The van der Waals surface area contributed by atoms with E-state index in [4.69, 9.17) is 0 Å². The highest BCUT2D eigenvalue weighted by Gasteiger charge is 2.59. The van der Waals surface area contributed by atoms with Crippen LogP contribution in [0.1, 0.15) is 106 Å². The molecule has 4 N–H and O–H groups in total. The zero-order valence-corrected chi connectivity index (χ0v) is 41.6. The summed E-state index contributed by atoms with van der Waals surface area (Å²) in [6, 6.07) is 33.0. The molecule has 0 saturated carbocycles. The van der Waals surface area contributed by atoms with Crippen molar-refractivity contribution < 1.29 is 29.4 Å². The Hall–Kier alpha value is -8.08. The number of amides is 4. The van der Waals surface area contributed by atoms with Gasteiger partial charge in [0.1, 0.15) is 23.5 Å². The van der Waals surface area contributed by atoms with E-state index in [1.54, 1.807) is 82.0 Å². The first-order valence-electron chi connectivity index (χ1n) is 25.0. The van der Waals surface area contributed by atoms with Gasteiger partial charge in [-0.3, -0.25) is 38.7 Å². The van der Waals surface area contributed by atoms with E-state index in [1.807, 2.05) is 100 Å². The molecule has 0 radical (unpaired) electrons. The van der Waals surface area contributed by atoms with Crippen molar-refractivity contribution in [2.45, 2.75) is 77.0 Å². The molecule has 380 valence electrons. The SMILES string of the molecule is C/C=C/c1ccc2n(c1=O)C[C@H]1[C@H](CO)[C@@H](C(=O)N[C@@H](C)c3ccccc3)N(C(=O)c3ccccn3)[C@@H]21.C/C=C\c1ccc2n(c1=O)C[C@H]1[C@H](CO)[C@@H](C(=O)N[C@@H](C)c3ccccc3)N(C(=O)c3ccccn3)[C@@H]21. The van der Waals surface area contributed by atoms with Crippen LogP contribution in [-0.4, -0.2) is 88.0 Å². The van der Waals surface area contributed by atoms with Crippen LogP contribution in [0.3, 0.4) is 0 Å². The predicted molar refractivity (Wildman–Crippen MR) is 279 cm³/mol. The Kier molecular flexibility index (Phi) is 15.1. The molecule has 0 bridgehead atoms. The Bertz CT molecular complexity index is 2990. The number of rotatable bonds is 12. The maximum Gasteiger partial charge on any atom is 0.273 e. The molecule has 8 heterocycles. The smallest absolute Gasteiger partial charge is 0.273 e. The summed E-state index contributed by atoms with van der Waals surface area (Å²) >= 11 is 0. The molecule has 16 nitrogen and oxygen atoms in total. The van der Waals surface area contributed by atoms with E-state index in [-0.39, 0.29) is 71.5 Å². The number of nitrogens with zero attached hydrogens (tertiary/aromatic N) is 6. The molecule has 4 amide bonds. The summed E-state index contributed by atoms with van der Waals surface area (Å²) in [4.78, 5) is 93.3. The molecule has 2 fully saturated rings. The molecular weight excluding hydrogens is 937 g/mol. The number of fused-ring (bicyclic) bond motifs is 6. The minimum Gasteiger partial charge on any atom is -0.396 e. The van der Waals surface area contributed by atoms with Gasteiger partial charge in [0.05, 0.1) is 24.2 Å². The number of aromatic nitrogens is 4. The molecule has 6 aromatic rings. The summed E-state index contributed by atoms with van der Waals surface area (Å²) in [5, 5.41) is 27.1. The van der Waals surface area contributed by atoms with Gasteiger partial charge in [0.2, 0.25) is 11.8 Å². The van der Waals surface area contributed by atoms with Crippen LogP contribution in [0, 0.1) is 23.7 Å².